The summed E-state index contributed by atoms with van der Waals surface area (Å²) in [6.45, 7) is 0.230. The molecule has 2 rings (SSSR count). The summed E-state index contributed by atoms with van der Waals surface area (Å²) in [7, 11) is 0. The van der Waals surface area contributed by atoms with Crippen LogP contribution in [0.5, 0.6) is 5.75 Å². The van der Waals surface area contributed by atoms with Crippen LogP contribution < -0.4 is 10.1 Å². The van der Waals surface area contributed by atoms with Crippen LogP contribution in [0.15, 0.2) is 54.6 Å². The second kappa shape index (κ2) is 8.53. The average molecular weight is 353 g/mol. The molecule has 0 spiro atoms. The van der Waals surface area contributed by atoms with Crippen LogP contribution in [0.25, 0.3) is 0 Å². The molecule has 2 N–H and O–H groups in total. The first-order valence-electron chi connectivity index (χ1n) is 7.67. The highest BCUT2D eigenvalue weighted by Gasteiger charge is 2.30. The highest BCUT2D eigenvalue weighted by Crippen LogP contribution is 2.31. The van der Waals surface area contributed by atoms with Crippen LogP contribution in [0, 0.1) is 0 Å². The van der Waals surface area contributed by atoms with E-state index in [1.165, 1.54) is 12.1 Å². The van der Waals surface area contributed by atoms with Crippen LogP contribution in [-0.4, -0.2) is 24.2 Å². The molecule has 0 fully saturated rings. The fraction of sp³-hybridized carbons (Fsp3) is 0.278. The quantitative estimate of drug-likeness (QED) is 0.707. The summed E-state index contributed by atoms with van der Waals surface area (Å²) in [5.74, 6) is -0.639. The van der Waals surface area contributed by atoms with Gasteiger partial charge >= 0.3 is 12.1 Å². The van der Waals surface area contributed by atoms with Crippen molar-refractivity contribution in [1.29, 1.82) is 0 Å². The monoisotopic (exact) mass is 353 g/mol. The van der Waals surface area contributed by atoms with Gasteiger partial charge in [0.15, 0.2) is 0 Å². The zero-order valence-corrected chi connectivity index (χ0v) is 13.3. The zero-order chi connectivity index (χ0) is 18.3. The summed E-state index contributed by atoms with van der Waals surface area (Å²) in [6, 6.07) is 13.7. The standard InChI is InChI=1S/C18H18F3NO3/c19-18(20,21)14-6-8-15(9-7-14)25-16(10-11-22-12-17(23)24)13-4-2-1-3-5-13/h1-9,16,22H,10-12H2,(H,23,24). The van der Waals surface area contributed by atoms with Gasteiger partial charge in [0.1, 0.15) is 11.9 Å². The molecule has 7 heteroatoms. The summed E-state index contributed by atoms with van der Waals surface area (Å²) in [5.41, 5.74) is 0.124. The Labute approximate surface area is 143 Å². The van der Waals surface area contributed by atoms with Crippen molar-refractivity contribution in [1.82, 2.24) is 5.32 Å². The molecule has 0 aromatic heterocycles. The van der Waals surface area contributed by atoms with Gasteiger partial charge in [-0.1, -0.05) is 30.3 Å². The number of benzene rings is 2. The Kier molecular flexibility index (Phi) is 6.41. The molecule has 0 aliphatic rings. The minimum Gasteiger partial charge on any atom is -0.486 e. The number of hydrogen-bond donors (Lipinski definition) is 2. The summed E-state index contributed by atoms with van der Waals surface area (Å²) in [4.78, 5) is 10.5. The van der Waals surface area contributed by atoms with Gasteiger partial charge in [0.2, 0.25) is 0 Å². The van der Waals surface area contributed by atoms with Crippen molar-refractivity contribution in [2.45, 2.75) is 18.7 Å². The number of nitrogens with one attached hydrogen (secondary N) is 1. The van der Waals surface area contributed by atoms with Crippen molar-refractivity contribution in [2.24, 2.45) is 0 Å². The maximum atomic E-state index is 12.6. The van der Waals surface area contributed by atoms with Crippen molar-refractivity contribution in [3.05, 3.63) is 65.7 Å². The molecule has 0 aliphatic carbocycles. The molecule has 0 saturated carbocycles. The Hall–Kier alpha value is -2.54. The van der Waals surface area contributed by atoms with E-state index in [-0.39, 0.29) is 6.54 Å². The molecule has 0 heterocycles. The predicted molar refractivity (Wildman–Crippen MR) is 86.4 cm³/mol. The van der Waals surface area contributed by atoms with Gasteiger partial charge < -0.3 is 15.2 Å². The Morgan fingerprint density at radius 3 is 2.28 bits per heavy atom. The number of carbonyl (C=O) groups is 1. The number of rotatable bonds is 8. The largest absolute Gasteiger partial charge is 0.486 e. The molecule has 1 unspecified atom stereocenters. The highest BCUT2D eigenvalue weighted by atomic mass is 19.4. The van der Waals surface area contributed by atoms with Gasteiger partial charge in [-0.05, 0) is 36.4 Å². The predicted octanol–water partition coefficient (Wildman–Crippen LogP) is 3.89. The van der Waals surface area contributed by atoms with Crippen LogP contribution in [0.3, 0.4) is 0 Å². The van der Waals surface area contributed by atoms with E-state index in [0.29, 0.717) is 18.7 Å². The molecule has 0 saturated heterocycles. The van der Waals surface area contributed by atoms with Crippen LogP contribution >= 0.6 is 0 Å². The molecular formula is C18H18F3NO3. The third-order valence-corrected chi connectivity index (χ3v) is 3.49. The van der Waals surface area contributed by atoms with E-state index in [2.05, 4.69) is 5.32 Å². The summed E-state index contributed by atoms with van der Waals surface area (Å²) in [6.07, 6.45) is -4.32. The minimum absolute atomic E-state index is 0.165. The van der Waals surface area contributed by atoms with E-state index in [1.54, 1.807) is 0 Å². The Morgan fingerprint density at radius 1 is 1.08 bits per heavy atom. The number of ether oxygens (including phenoxy) is 1. The maximum Gasteiger partial charge on any atom is 0.416 e. The lowest BCUT2D eigenvalue weighted by molar-refractivity contribution is -0.138. The third-order valence-electron chi connectivity index (χ3n) is 3.49. The first-order chi connectivity index (χ1) is 11.9. The summed E-state index contributed by atoms with van der Waals surface area (Å²) in [5, 5.41) is 11.4. The highest BCUT2D eigenvalue weighted by molar-refractivity contribution is 5.68. The van der Waals surface area contributed by atoms with E-state index in [0.717, 1.165) is 17.7 Å². The van der Waals surface area contributed by atoms with Crippen molar-refractivity contribution >= 4 is 5.97 Å². The number of carboxylic acid groups (broad SMARTS) is 1. The number of aliphatic carboxylic acids is 1. The van der Waals surface area contributed by atoms with E-state index in [4.69, 9.17) is 9.84 Å². The van der Waals surface area contributed by atoms with Crippen LogP contribution in [0.1, 0.15) is 23.7 Å². The molecule has 1 atom stereocenters. The Bertz CT molecular complexity index is 672. The van der Waals surface area contributed by atoms with Gasteiger partial charge in [-0.25, -0.2) is 0 Å². The molecule has 25 heavy (non-hydrogen) atoms. The van der Waals surface area contributed by atoms with Crippen molar-refractivity contribution in [3.8, 4) is 5.75 Å². The number of carboxylic acids is 1. The van der Waals surface area contributed by atoms with Crippen molar-refractivity contribution in [2.75, 3.05) is 13.1 Å². The van der Waals surface area contributed by atoms with Gasteiger partial charge in [-0.2, -0.15) is 13.2 Å². The third kappa shape index (κ3) is 6.11. The number of alkyl halides is 3. The fourth-order valence-corrected chi connectivity index (χ4v) is 2.28. The molecule has 0 radical (unpaired) electrons. The topological polar surface area (TPSA) is 58.6 Å². The normalized spacial score (nSPS) is 12.6. The van der Waals surface area contributed by atoms with Crippen molar-refractivity contribution < 1.29 is 27.8 Å². The maximum absolute atomic E-state index is 12.6. The molecule has 0 aliphatic heterocycles. The first-order valence-corrected chi connectivity index (χ1v) is 7.67. The Morgan fingerprint density at radius 2 is 1.72 bits per heavy atom. The van der Waals surface area contributed by atoms with Gasteiger partial charge in [0.05, 0.1) is 12.1 Å². The zero-order valence-electron chi connectivity index (χ0n) is 13.3. The van der Waals surface area contributed by atoms with Gasteiger partial charge in [-0.3, -0.25) is 4.79 Å². The van der Waals surface area contributed by atoms with Crippen LogP contribution in [0.4, 0.5) is 13.2 Å². The smallest absolute Gasteiger partial charge is 0.416 e. The first kappa shape index (κ1) is 18.8. The SMILES string of the molecule is O=C(O)CNCCC(Oc1ccc(C(F)(F)F)cc1)c1ccccc1. The van der Waals surface area contributed by atoms with Crippen LogP contribution in [-0.2, 0) is 11.0 Å². The van der Waals surface area contributed by atoms with E-state index in [1.807, 2.05) is 30.3 Å². The average Bonchev–Trinajstić information content (AvgIpc) is 2.58. The second-order valence-electron chi connectivity index (χ2n) is 5.40. The molecule has 4 nitrogen and oxygen atoms in total. The van der Waals surface area contributed by atoms with Crippen LogP contribution in [0.2, 0.25) is 0 Å². The van der Waals surface area contributed by atoms with Crippen molar-refractivity contribution in [3.63, 3.8) is 0 Å². The molecule has 134 valence electrons. The lowest BCUT2D eigenvalue weighted by atomic mass is 10.1. The summed E-state index contributed by atoms with van der Waals surface area (Å²) >= 11 is 0. The lowest BCUT2D eigenvalue weighted by Gasteiger charge is -2.20. The van der Waals surface area contributed by atoms with Gasteiger partial charge in [-0.15, -0.1) is 0 Å². The second-order valence-corrected chi connectivity index (χ2v) is 5.40. The molecule has 2 aromatic rings. The van der Waals surface area contributed by atoms with Gasteiger partial charge in [0.25, 0.3) is 0 Å². The van der Waals surface area contributed by atoms with E-state index >= 15 is 0 Å². The van der Waals surface area contributed by atoms with Gasteiger partial charge in [0, 0.05) is 6.42 Å². The molecular weight excluding hydrogens is 335 g/mol. The Balaban J connectivity index is 2.06. The number of hydrogen-bond acceptors (Lipinski definition) is 3. The molecule has 0 amide bonds. The molecule has 2 aromatic carbocycles. The summed E-state index contributed by atoms with van der Waals surface area (Å²) < 4.78 is 43.7. The number of halogens is 3. The van der Waals surface area contributed by atoms with E-state index < -0.39 is 23.8 Å². The fourth-order valence-electron chi connectivity index (χ4n) is 2.28. The van der Waals surface area contributed by atoms with E-state index in [9.17, 15) is 18.0 Å². The minimum atomic E-state index is -4.39. The molecule has 0 bridgehead atoms. The lowest BCUT2D eigenvalue weighted by Crippen LogP contribution is -2.25.